The molecule has 0 unspecified atom stereocenters. The highest BCUT2D eigenvalue weighted by atomic mass is 79.9. The number of H-pyrrole nitrogens is 1. The van der Waals surface area contributed by atoms with Gasteiger partial charge in [-0.3, -0.25) is 9.59 Å². The van der Waals surface area contributed by atoms with Gasteiger partial charge in [0.2, 0.25) is 5.78 Å². The Bertz CT molecular complexity index is 1190. The quantitative estimate of drug-likeness (QED) is 0.315. The summed E-state index contributed by atoms with van der Waals surface area (Å²) in [7, 11) is 0. The standard InChI is InChI=1S/C23H16BrN3O2/c24-17-4-3-5-18(14-17)25-23(29)16-11-8-15(9-12-16)10-13-21(28)22-26-19-6-1-2-7-20(19)27-22/h1-14H,(H,25,29)(H,26,27). The average molecular weight is 446 g/mol. The van der Waals surface area contributed by atoms with Crippen molar-refractivity contribution in [1.82, 2.24) is 9.97 Å². The molecule has 0 bridgehead atoms. The monoisotopic (exact) mass is 445 g/mol. The second-order valence-electron chi connectivity index (χ2n) is 6.39. The van der Waals surface area contributed by atoms with Gasteiger partial charge in [-0.05, 0) is 54.1 Å². The molecule has 0 saturated heterocycles. The van der Waals surface area contributed by atoms with Gasteiger partial charge in [-0.25, -0.2) is 4.98 Å². The predicted molar refractivity (Wildman–Crippen MR) is 118 cm³/mol. The molecular formula is C23H16BrN3O2. The van der Waals surface area contributed by atoms with E-state index in [2.05, 4.69) is 31.2 Å². The fourth-order valence-electron chi connectivity index (χ4n) is 2.84. The molecule has 0 spiro atoms. The maximum absolute atomic E-state index is 12.4. The van der Waals surface area contributed by atoms with Gasteiger partial charge in [0, 0.05) is 15.7 Å². The summed E-state index contributed by atoms with van der Waals surface area (Å²) < 4.78 is 0.893. The van der Waals surface area contributed by atoms with Crippen molar-refractivity contribution in [3.05, 3.63) is 100 Å². The molecule has 3 aromatic carbocycles. The van der Waals surface area contributed by atoms with Crippen LogP contribution in [0.5, 0.6) is 0 Å². The first kappa shape index (κ1) is 18.8. The molecule has 1 aromatic heterocycles. The van der Waals surface area contributed by atoms with Crippen molar-refractivity contribution in [3.63, 3.8) is 0 Å². The van der Waals surface area contributed by atoms with E-state index in [1.54, 1.807) is 30.3 Å². The van der Waals surface area contributed by atoms with Gasteiger partial charge >= 0.3 is 0 Å². The first-order chi connectivity index (χ1) is 14.1. The van der Waals surface area contributed by atoms with Crippen molar-refractivity contribution in [2.24, 2.45) is 0 Å². The number of anilines is 1. The summed E-state index contributed by atoms with van der Waals surface area (Å²) in [6.07, 6.45) is 3.17. The molecule has 0 saturated carbocycles. The minimum absolute atomic E-state index is 0.197. The molecule has 4 rings (SSSR count). The van der Waals surface area contributed by atoms with Crippen LogP contribution in [-0.2, 0) is 0 Å². The molecule has 4 aromatic rings. The van der Waals surface area contributed by atoms with Crippen LogP contribution in [0, 0.1) is 0 Å². The van der Waals surface area contributed by atoms with Crippen molar-refractivity contribution < 1.29 is 9.59 Å². The van der Waals surface area contributed by atoms with E-state index in [4.69, 9.17) is 0 Å². The van der Waals surface area contributed by atoms with Gasteiger partial charge in [-0.2, -0.15) is 0 Å². The Morgan fingerprint density at radius 2 is 1.76 bits per heavy atom. The average Bonchev–Trinajstić information content (AvgIpc) is 3.17. The lowest BCUT2D eigenvalue weighted by Crippen LogP contribution is -2.11. The minimum Gasteiger partial charge on any atom is -0.335 e. The number of allylic oxidation sites excluding steroid dienone is 1. The number of rotatable bonds is 5. The summed E-state index contributed by atoms with van der Waals surface area (Å²) in [4.78, 5) is 32.0. The van der Waals surface area contributed by atoms with Gasteiger partial charge in [-0.1, -0.05) is 52.3 Å². The van der Waals surface area contributed by atoms with Gasteiger partial charge in [0.1, 0.15) is 0 Å². The number of hydrogen-bond donors (Lipinski definition) is 2. The number of imidazole rings is 1. The Morgan fingerprint density at radius 3 is 2.52 bits per heavy atom. The van der Waals surface area contributed by atoms with Gasteiger partial charge in [0.15, 0.2) is 5.82 Å². The molecule has 0 aliphatic rings. The van der Waals surface area contributed by atoms with E-state index >= 15 is 0 Å². The zero-order valence-electron chi connectivity index (χ0n) is 15.2. The largest absolute Gasteiger partial charge is 0.335 e. The molecule has 5 nitrogen and oxygen atoms in total. The van der Waals surface area contributed by atoms with Crippen LogP contribution in [-0.4, -0.2) is 21.7 Å². The SMILES string of the molecule is O=C(Nc1cccc(Br)c1)c1ccc(C=CC(=O)c2nc3ccccc3[nH]2)cc1. The van der Waals surface area contributed by atoms with Crippen molar-refractivity contribution in [3.8, 4) is 0 Å². The number of ketones is 1. The van der Waals surface area contributed by atoms with E-state index in [-0.39, 0.29) is 11.7 Å². The second-order valence-corrected chi connectivity index (χ2v) is 7.30. The number of benzene rings is 3. The fourth-order valence-corrected chi connectivity index (χ4v) is 3.23. The van der Waals surface area contributed by atoms with E-state index in [1.165, 1.54) is 6.08 Å². The van der Waals surface area contributed by atoms with E-state index in [9.17, 15) is 9.59 Å². The second kappa shape index (κ2) is 8.24. The third kappa shape index (κ3) is 4.50. The Morgan fingerprint density at radius 1 is 0.966 bits per heavy atom. The summed E-state index contributed by atoms with van der Waals surface area (Å²) in [5.41, 5.74) is 3.64. The van der Waals surface area contributed by atoms with Gasteiger partial charge < -0.3 is 10.3 Å². The molecule has 0 atom stereocenters. The molecule has 1 heterocycles. The first-order valence-electron chi connectivity index (χ1n) is 8.93. The maximum Gasteiger partial charge on any atom is 0.255 e. The number of aromatic nitrogens is 2. The topological polar surface area (TPSA) is 74.8 Å². The number of amides is 1. The molecule has 2 N–H and O–H groups in total. The normalized spacial score (nSPS) is 11.1. The van der Waals surface area contributed by atoms with Crippen LogP contribution in [0.3, 0.4) is 0 Å². The molecule has 142 valence electrons. The summed E-state index contributed by atoms with van der Waals surface area (Å²) >= 11 is 3.38. The smallest absolute Gasteiger partial charge is 0.255 e. The number of hydrogen-bond acceptors (Lipinski definition) is 3. The number of fused-ring (bicyclic) bond motifs is 1. The molecular weight excluding hydrogens is 430 g/mol. The summed E-state index contributed by atoms with van der Waals surface area (Å²) in [6.45, 7) is 0. The third-order valence-corrected chi connectivity index (χ3v) is 4.80. The number of nitrogens with one attached hydrogen (secondary N) is 2. The van der Waals surface area contributed by atoms with E-state index < -0.39 is 0 Å². The van der Waals surface area contributed by atoms with Crippen molar-refractivity contribution >= 4 is 50.4 Å². The van der Waals surface area contributed by atoms with Crippen LogP contribution in [0.1, 0.15) is 26.5 Å². The number of halogens is 1. The molecule has 0 radical (unpaired) electrons. The number of carbonyl (C=O) groups is 2. The zero-order valence-corrected chi connectivity index (χ0v) is 16.8. The highest BCUT2D eigenvalue weighted by Crippen LogP contribution is 2.17. The molecule has 29 heavy (non-hydrogen) atoms. The summed E-state index contributed by atoms with van der Waals surface area (Å²) in [6, 6.07) is 21.9. The summed E-state index contributed by atoms with van der Waals surface area (Å²) in [5, 5.41) is 2.85. The van der Waals surface area contributed by atoms with Crippen LogP contribution in [0.25, 0.3) is 17.1 Å². The third-order valence-electron chi connectivity index (χ3n) is 4.31. The van der Waals surface area contributed by atoms with Crippen LogP contribution in [0.2, 0.25) is 0 Å². The van der Waals surface area contributed by atoms with Crippen molar-refractivity contribution in [1.29, 1.82) is 0 Å². The molecule has 0 aliphatic heterocycles. The van der Waals surface area contributed by atoms with Crippen molar-refractivity contribution in [2.45, 2.75) is 0 Å². The highest BCUT2D eigenvalue weighted by molar-refractivity contribution is 9.10. The molecule has 0 fully saturated rings. The highest BCUT2D eigenvalue weighted by Gasteiger charge is 2.09. The lowest BCUT2D eigenvalue weighted by Gasteiger charge is -2.06. The lowest BCUT2D eigenvalue weighted by molar-refractivity contribution is 0.102. The maximum atomic E-state index is 12.4. The fraction of sp³-hybridized carbons (Fsp3) is 0. The van der Waals surface area contributed by atoms with Gasteiger partial charge in [0.05, 0.1) is 11.0 Å². The predicted octanol–water partition coefficient (Wildman–Crippen LogP) is 5.47. The molecule has 6 heteroatoms. The zero-order chi connectivity index (χ0) is 20.2. The van der Waals surface area contributed by atoms with Crippen LogP contribution in [0.15, 0.2) is 83.3 Å². The number of aromatic amines is 1. The Hall–Kier alpha value is -3.51. The van der Waals surface area contributed by atoms with Gasteiger partial charge in [0.25, 0.3) is 5.91 Å². The minimum atomic E-state index is -0.210. The van der Waals surface area contributed by atoms with Crippen molar-refractivity contribution in [2.75, 3.05) is 5.32 Å². The van der Waals surface area contributed by atoms with E-state index in [0.717, 1.165) is 21.1 Å². The summed E-state index contributed by atoms with van der Waals surface area (Å²) in [5.74, 6) is -0.109. The van der Waals surface area contributed by atoms with Gasteiger partial charge in [-0.15, -0.1) is 0 Å². The van der Waals surface area contributed by atoms with Crippen LogP contribution >= 0.6 is 15.9 Å². The Balaban J connectivity index is 1.43. The van der Waals surface area contributed by atoms with E-state index in [0.29, 0.717) is 17.1 Å². The number of carbonyl (C=O) groups excluding carboxylic acids is 2. The lowest BCUT2D eigenvalue weighted by atomic mass is 10.1. The Kier molecular flexibility index (Phi) is 5.35. The number of para-hydroxylation sites is 2. The van der Waals surface area contributed by atoms with Crippen LogP contribution in [0.4, 0.5) is 5.69 Å². The van der Waals surface area contributed by atoms with Crippen LogP contribution < -0.4 is 5.32 Å². The Labute approximate surface area is 175 Å². The molecule has 0 aliphatic carbocycles. The molecule has 1 amide bonds. The number of nitrogens with zero attached hydrogens (tertiary/aromatic N) is 1. The first-order valence-corrected chi connectivity index (χ1v) is 9.72. The van der Waals surface area contributed by atoms with E-state index in [1.807, 2.05) is 48.5 Å².